The molecule has 36 heavy (non-hydrogen) atoms. The van der Waals surface area contributed by atoms with Crippen LogP contribution in [0.15, 0.2) is 36.4 Å². The third-order valence-electron chi connectivity index (χ3n) is 6.01. The summed E-state index contributed by atoms with van der Waals surface area (Å²) in [7, 11) is 1.21. The van der Waals surface area contributed by atoms with Crippen LogP contribution in [-0.4, -0.2) is 64.4 Å². The van der Waals surface area contributed by atoms with E-state index >= 15 is 0 Å². The van der Waals surface area contributed by atoms with Crippen molar-refractivity contribution < 1.29 is 28.3 Å². The van der Waals surface area contributed by atoms with Gasteiger partial charge in [-0.2, -0.15) is 0 Å². The zero-order valence-corrected chi connectivity index (χ0v) is 20.1. The van der Waals surface area contributed by atoms with Gasteiger partial charge in [0.15, 0.2) is 0 Å². The number of methoxy groups -OCH3 is 1. The Morgan fingerprint density at radius 1 is 1.25 bits per heavy atom. The van der Waals surface area contributed by atoms with Crippen molar-refractivity contribution >= 4 is 40.4 Å². The van der Waals surface area contributed by atoms with Gasteiger partial charge in [-0.3, -0.25) is 19.2 Å². The van der Waals surface area contributed by atoms with Gasteiger partial charge in [0.25, 0.3) is 5.91 Å². The van der Waals surface area contributed by atoms with Gasteiger partial charge in [-0.1, -0.05) is 12.1 Å². The number of hydrogen-bond donors (Lipinski definition) is 2. The first-order valence-corrected chi connectivity index (χ1v) is 11.5. The van der Waals surface area contributed by atoms with E-state index in [1.54, 1.807) is 28.8 Å². The van der Waals surface area contributed by atoms with E-state index in [-0.39, 0.29) is 36.5 Å². The number of carbonyl (C=O) groups is 4. The maximum Gasteiger partial charge on any atom is 0.308 e. The second-order valence-corrected chi connectivity index (χ2v) is 8.32. The van der Waals surface area contributed by atoms with Crippen molar-refractivity contribution in [3.05, 3.63) is 47.8 Å². The number of esters is 1. The molecule has 4 rings (SSSR count). The Morgan fingerprint density at radius 2 is 2.00 bits per heavy atom. The minimum Gasteiger partial charge on any atom is -0.469 e. The highest BCUT2D eigenvalue weighted by Gasteiger charge is 2.36. The molecule has 11 heteroatoms. The molecule has 10 nitrogen and oxygen atoms in total. The number of imidazole rings is 1. The first-order valence-electron chi connectivity index (χ1n) is 11.5. The van der Waals surface area contributed by atoms with Crippen LogP contribution in [0.3, 0.4) is 0 Å². The summed E-state index contributed by atoms with van der Waals surface area (Å²) in [6.07, 6.45) is -0.295. The number of fused-ring (bicyclic) bond motifs is 1. The molecular formula is C25H26FN5O5. The summed E-state index contributed by atoms with van der Waals surface area (Å²) in [6.45, 7) is 4.04. The van der Waals surface area contributed by atoms with Gasteiger partial charge in [-0.15, -0.1) is 0 Å². The Hall–Kier alpha value is -4.28. The molecule has 0 spiro atoms. The standard InChI is InChI=1S/C25H26FN5O5/c1-4-30-22-18(28-14(2)32)11-15(12-19(22)29-23(30)16-7-5-6-8-17(16)26)25(35)31-10-9-27-24(34)20(31)13-21(33)36-3/h5-8,11-12,20H,4,9-10,13H2,1-3H3,(H,27,34)(H,28,32)/t20-/m1/s1. The second kappa shape index (κ2) is 10.1. The quantitative estimate of drug-likeness (QED) is 0.506. The molecule has 2 heterocycles. The zero-order chi connectivity index (χ0) is 26.0. The zero-order valence-electron chi connectivity index (χ0n) is 20.1. The third kappa shape index (κ3) is 4.64. The second-order valence-electron chi connectivity index (χ2n) is 8.32. The van der Waals surface area contributed by atoms with Gasteiger partial charge in [0, 0.05) is 32.1 Å². The molecule has 1 aromatic heterocycles. The van der Waals surface area contributed by atoms with Gasteiger partial charge >= 0.3 is 5.97 Å². The van der Waals surface area contributed by atoms with Crippen LogP contribution in [0, 0.1) is 5.82 Å². The lowest BCUT2D eigenvalue weighted by atomic mass is 10.1. The largest absolute Gasteiger partial charge is 0.469 e. The molecule has 0 saturated carbocycles. The molecule has 2 N–H and O–H groups in total. The lowest BCUT2D eigenvalue weighted by Crippen LogP contribution is -2.57. The van der Waals surface area contributed by atoms with Crippen molar-refractivity contribution in [1.29, 1.82) is 0 Å². The number of anilines is 1. The highest BCUT2D eigenvalue weighted by Crippen LogP contribution is 2.33. The fraction of sp³-hybridized carbons (Fsp3) is 0.320. The summed E-state index contributed by atoms with van der Waals surface area (Å²) in [5, 5.41) is 5.40. The van der Waals surface area contributed by atoms with E-state index in [1.165, 1.54) is 31.1 Å². The fourth-order valence-corrected chi connectivity index (χ4v) is 4.40. The first-order chi connectivity index (χ1) is 17.2. The van der Waals surface area contributed by atoms with Gasteiger partial charge in [0.05, 0.1) is 35.8 Å². The number of rotatable bonds is 6. The summed E-state index contributed by atoms with van der Waals surface area (Å²) in [5.41, 5.74) is 1.67. The van der Waals surface area contributed by atoms with E-state index in [0.29, 0.717) is 29.1 Å². The number of nitrogens with zero attached hydrogens (tertiary/aromatic N) is 3. The number of hydrogen-bond acceptors (Lipinski definition) is 6. The Bertz CT molecular complexity index is 1370. The Kier molecular flexibility index (Phi) is 7.00. The predicted octanol–water partition coefficient (Wildman–Crippen LogP) is 2.32. The number of piperazine rings is 1. The highest BCUT2D eigenvalue weighted by atomic mass is 19.1. The molecule has 1 saturated heterocycles. The van der Waals surface area contributed by atoms with Crippen molar-refractivity contribution in [2.75, 3.05) is 25.5 Å². The molecule has 1 atom stereocenters. The average molecular weight is 496 g/mol. The third-order valence-corrected chi connectivity index (χ3v) is 6.01. The van der Waals surface area contributed by atoms with Crippen LogP contribution in [0.5, 0.6) is 0 Å². The van der Waals surface area contributed by atoms with Crippen molar-refractivity contribution in [1.82, 2.24) is 19.8 Å². The topological polar surface area (TPSA) is 123 Å². The van der Waals surface area contributed by atoms with E-state index in [0.717, 1.165) is 0 Å². The van der Waals surface area contributed by atoms with Crippen molar-refractivity contribution in [3.63, 3.8) is 0 Å². The van der Waals surface area contributed by atoms with E-state index in [4.69, 9.17) is 0 Å². The number of aromatic nitrogens is 2. The smallest absolute Gasteiger partial charge is 0.308 e. The Labute approximate surface area is 206 Å². The lowest BCUT2D eigenvalue weighted by Gasteiger charge is -2.34. The number of benzene rings is 2. The number of nitrogens with one attached hydrogen (secondary N) is 2. The molecule has 188 valence electrons. The molecule has 0 radical (unpaired) electrons. The van der Waals surface area contributed by atoms with Crippen LogP contribution >= 0.6 is 0 Å². The van der Waals surface area contributed by atoms with Crippen molar-refractivity contribution in [3.8, 4) is 11.4 Å². The van der Waals surface area contributed by atoms with Gasteiger partial charge in [-0.05, 0) is 31.2 Å². The van der Waals surface area contributed by atoms with E-state index in [9.17, 15) is 23.6 Å². The summed E-state index contributed by atoms with van der Waals surface area (Å²) in [4.78, 5) is 55.9. The fourth-order valence-electron chi connectivity index (χ4n) is 4.40. The Balaban J connectivity index is 1.85. The van der Waals surface area contributed by atoms with Crippen LogP contribution in [0.2, 0.25) is 0 Å². The highest BCUT2D eigenvalue weighted by molar-refractivity contribution is 6.07. The molecule has 2 aromatic carbocycles. The van der Waals surface area contributed by atoms with Gasteiger partial charge in [0.2, 0.25) is 11.8 Å². The number of amides is 3. The molecule has 1 fully saturated rings. The number of aryl methyl sites for hydroxylation is 1. The number of halogens is 1. The summed E-state index contributed by atoms with van der Waals surface area (Å²) >= 11 is 0. The minimum atomic E-state index is -1.04. The molecular weight excluding hydrogens is 469 g/mol. The maximum absolute atomic E-state index is 14.6. The van der Waals surface area contributed by atoms with E-state index < -0.39 is 29.6 Å². The molecule has 0 unspecified atom stereocenters. The predicted molar refractivity (Wildman–Crippen MR) is 130 cm³/mol. The molecule has 0 bridgehead atoms. The molecule has 1 aliphatic rings. The van der Waals surface area contributed by atoms with E-state index in [2.05, 4.69) is 20.4 Å². The number of carbonyl (C=O) groups excluding carboxylic acids is 4. The van der Waals surface area contributed by atoms with Crippen LogP contribution in [0.25, 0.3) is 22.4 Å². The normalized spacial score (nSPS) is 15.5. The van der Waals surface area contributed by atoms with Gasteiger partial charge < -0.3 is 24.8 Å². The van der Waals surface area contributed by atoms with Crippen molar-refractivity contribution in [2.45, 2.75) is 32.9 Å². The van der Waals surface area contributed by atoms with Crippen LogP contribution < -0.4 is 10.6 Å². The van der Waals surface area contributed by atoms with Crippen LogP contribution in [0.1, 0.15) is 30.6 Å². The van der Waals surface area contributed by atoms with Gasteiger partial charge in [0.1, 0.15) is 17.7 Å². The minimum absolute atomic E-state index is 0.164. The average Bonchev–Trinajstić information content (AvgIpc) is 3.23. The number of ether oxygens (including phenoxy) is 1. The van der Waals surface area contributed by atoms with Gasteiger partial charge in [-0.25, -0.2) is 9.37 Å². The van der Waals surface area contributed by atoms with Crippen LogP contribution in [0.4, 0.5) is 10.1 Å². The monoisotopic (exact) mass is 495 g/mol. The maximum atomic E-state index is 14.6. The molecule has 0 aliphatic carbocycles. The van der Waals surface area contributed by atoms with E-state index in [1.807, 2.05) is 6.92 Å². The van der Waals surface area contributed by atoms with Crippen molar-refractivity contribution in [2.24, 2.45) is 0 Å². The molecule has 3 amide bonds. The molecule has 1 aliphatic heterocycles. The SMILES string of the molecule is CCn1c(-c2ccccc2F)nc2cc(C(=O)N3CCNC(=O)[C@H]3CC(=O)OC)cc(NC(C)=O)c21. The first kappa shape index (κ1) is 24.8. The summed E-state index contributed by atoms with van der Waals surface area (Å²) in [6, 6.07) is 8.23. The lowest BCUT2D eigenvalue weighted by molar-refractivity contribution is -0.145. The van der Waals surface area contributed by atoms with Crippen LogP contribution in [-0.2, 0) is 25.7 Å². The summed E-state index contributed by atoms with van der Waals surface area (Å²) < 4.78 is 21.1. The Morgan fingerprint density at radius 3 is 2.67 bits per heavy atom. The summed E-state index contributed by atoms with van der Waals surface area (Å²) in [5.74, 6) is -2.06. The molecule has 3 aromatic rings.